The zero-order valence-corrected chi connectivity index (χ0v) is 25.3. The lowest BCUT2D eigenvalue weighted by Crippen LogP contribution is -2.33. The number of halogens is 1. The van der Waals surface area contributed by atoms with E-state index in [-0.39, 0.29) is 54.3 Å². The number of benzene rings is 2. The van der Waals surface area contributed by atoms with Crippen molar-refractivity contribution in [2.75, 3.05) is 19.9 Å². The maximum atomic E-state index is 11.7. The summed E-state index contributed by atoms with van der Waals surface area (Å²) >= 11 is 0. The van der Waals surface area contributed by atoms with Gasteiger partial charge in [0.05, 0.1) is 6.61 Å². The van der Waals surface area contributed by atoms with Gasteiger partial charge in [0.2, 0.25) is 5.91 Å². The van der Waals surface area contributed by atoms with Crippen LogP contribution in [0.5, 0.6) is 11.5 Å². The number of carbonyl (C=O) groups is 4. The molecule has 0 bridgehead atoms. The van der Waals surface area contributed by atoms with Crippen molar-refractivity contribution in [3.05, 3.63) is 59.2 Å². The number of esters is 2. The second-order valence-corrected chi connectivity index (χ2v) is 9.71. The molecule has 0 saturated heterocycles. The number of nitrogens with two attached hydrogens (primary N) is 1. The Hall–Kier alpha value is -4.03. The molecule has 2 rings (SSSR count). The normalized spacial score (nSPS) is 10.2. The van der Waals surface area contributed by atoms with Crippen LogP contribution in [0.3, 0.4) is 0 Å². The van der Waals surface area contributed by atoms with Crippen LogP contribution in [-0.4, -0.2) is 59.6 Å². The van der Waals surface area contributed by atoms with Crippen molar-refractivity contribution in [3.8, 4) is 11.5 Å². The molecule has 2 aromatic rings. The lowest BCUT2D eigenvalue weighted by Gasteiger charge is -2.19. The summed E-state index contributed by atoms with van der Waals surface area (Å²) in [6.07, 6.45) is 1.98. The topological polar surface area (TPSA) is 187 Å². The van der Waals surface area contributed by atoms with Gasteiger partial charge < -0.3 is 40.8 Å². The molecule has 0 atom stereocenters. The summed E-state index contributed by atoms with van der Waals surface area (Å²) < 4.78 is 14.8. The Labute approximate surface area is 252 Å². The Morgan fingerprint density at radius 1 is 0.857 bits per heavy atom. The van der Waals surface area contributed by atoms with E-state index < -0.39 is 23.6 Å². The van der Waals surface area contributed by atoms with E-state index in [1.807, 2.05) is 0 Å². The number of phenols is 2. The van der Waals surface area contributed by atoms with Crippen LogP contribution >= 0.6 is 12.4 Å². The molecule has 0 saturated carbocycles. The first-order valence-corrected chi connectivity index (χ1v) is 13.3. The lowest BCUT2D eigenvalue weighted by atomic mass is 10.1. The molecule has 234 valence electrons. The van der Waals surface area contributed by atoms with Crippen LogP contribution < -0.4 is 16.4 Å². The van der Waals surface area contributed by atoms with E-state index in [2.05, 4.69) is 10.6 Å². The fraction of sp³-hybridized carbons (Fsp3) is 0.448. The maximum Gasteiger partial charge on any atom is 0.407 e. The zero-order valence-electron chi connectivity index (χ0n) is 24.4. The van der Waals surface area contributed by atoms with Crippen LogP contribution in [0.4, 0.5) is 4.79 Å². The zero-order chi connectivity index (χ0) is 30.8. The number of rotatable bonds is 12. The van der Waals surface area contributed by atoms with Crippen LogP contribution in [0.15, 0.2) is 42.5 Å². The van der Waals surface area contributed by atoms with Crippen molar-refractivity contribution in [2.45, 2.75) is 65.5 Å². The highest BCUT2D eigenvalue weighted by Crippen LogP contribution is 2.19. The number of carbonyl (C=O) groups excluding carboxylic acids is 4. The van der Waals surface area contributed by atoms with Gasteiger partial charge in [-0.3, -0.25) is 4.79 Å². The molecule has 0 unspecified atom stereocenters. The van der Waals surface area contributed by atoms with E-state index in [9.17, 15) is 29.4 Å². The maximum absolute atomic E-state index is 11.7. The van der Waals surface area contributed by atoms with E-state index in [1.54, 1.807) is 45.9 Å². The van der Waals surface area contributed by atoms with E-state index in [1.165, 1.54) is 24.3 Å². The predicted octanol–water partition coefficient (Wildman–Crippen LogP) is 4.16. The average molecular weight is 612 g/mol. The van der Waals surface area contributed by atoms with Crippen molar-refractivity contribution in [2.24, 2.45) is 5.73 Å². The summed E-state index contributed by atoms with van der Waals surface area (Å²) in [6.45, 7) is 7.94. The number of phenolic OH excluding ortho intramolecular Hbond substituents is 2. The summed E-state index contributed by atoms with van der Waals surface area (Å²) in [5.74, 6) is -1.73. The average Bonchev–Trinajstić information content (AvgIpc) is 2.90. The Morgan fingerprint density at radius 3 is 2.10 bits per heavy atom. The Morgan fingerprint density at radius 2 is 1.50 bits per heavy atom. The molecule has 0 spiro atoms. The molecule has 12 nitrogen and oxygen atoms in total. The summed E-state index contributed by atoms with van der Waals surface area (Å²) in [4.78, 5) is 46.1. The predicted molar refractivity (Wildman–Crippen MR) is 158 cm³/mol. The van der Waals surface area contributed by atoms with Crippen molar-refractivity contribution in [1.29, 1.82) is 0 Å². The third-order valence-corrected chi connectivity index (χ3v) is 5.14. The molecule has 0 aliphatic heterocycles. The van der Waals surface area contributed by atoms with Gasteiger partial charge in [-0.2, -0.15) is 0 Å². The highest BCUT2D eigenvalue weighted by Gasteiger charge is 2.15. The van der Waals surface area contributed by atoms with Crippen LogP contribution in [0.2, 0.25) is 0 Å². The van der Waals surface area contributed by atoms with Crippen molar-refractivity contribution < 1.29 is 43.6 Å². The Balaban J connectivity index is 0.000000943. The molecule has 6 N–H and O–H groups in total. The number of para-hydroxylation sites is 1. The first-order valence-electron chi connectivity index (χ1n) is 13.3. The number of hydrogen-bond donors (Lipinski definition) is 5. The minimum atomic E-state index is -0.707. The monoisotopic (exact) mass is 611 g/mol. The third kappa shape index (κ3) is 15.7. The molecular weight excluding hydrogens is 570 g/mol. The van der Waals surface area contributed by atoms with Crippen LogP contribution in [0.1, 0.15) is 79.7 Å². The van der Waals surface area contributed by atoms with Gasteiger partial charge >= 0.3 is 18.0 Å². The fourth-order valence-electron chi connectivity index (χ4n) is 3.17. The highest BCUT2D eigenvalue weighted by molar-refractivity contribution is 5.93. The number of aromatic hydroxyl groups is 2. The van der Waals surface area contributed by atoms with Crippen LogP contribution in [-0.2, 0) is 25.5 Å². The quantitative estimate of drug-likeness (QED) is 0.101. The van der Waals surface area contributed by atoms with E-state index in [4.69, 9.17) is 19.9 Å². The second-order valence-electron chi connectivity index (χ2n) is 9.71. The van der Waals surface area contributed by atoms with Crippen LogP contribution in [0.25, 0.3) is 0 Å². The summed E-state index contributed by atoms with van der Waals surface area (Å²) in [7, 11) is 0. The smallest absolute Gasteiger partial charge is 0.407 e. The van der Waals surface area contributed by atoms with Gasteiger partial charge in [-0.1, -0.05) is 24.6 Å². The van der Waals surface area contributed by atoms with E-state index >= 15 is 0 Å². The first-order chi connectivity index (χ1) is 19.4. The molecule has 0 heterocycles. The van der Waals surface area contributed by atoms with E-state index in [0.717, 1.165) is 18.4 Å². The fourth-order valence-corrected chi connectivity index (χ4v) is 3.17. The Bertz CT molecular complexity index is 1150. The molecule has 0 aliphatic rings. The molecule has 0 aliphatic carbocycles. The summed E-state index contributed by atoms with van der Waals surface area (Å²) in [5.41, 5.74) is 5.84. The van der Waals surface area contributed by atoms with Gasteiger partial charge in [0.25, 0.3) is 0 Å². The standard InChI is InChI=1S/C19H28N2O6.C10H13NO3.ClH/c1-19(2,3)27-18(25)20-12-8-4-5-11-16(23)21-13-26-17(24)14-9-6-7-10-15(14)22;1-2-14-10(13)8-4-3-7(6-11)5-9(8)12;/h6-7,9-10,22H,4-5,8,11-13H2,1-3H3,(H,20,25)(H,21,23);3-5,12H,2,6,11H2,1H3;1H. The molecule has 0 aromatic heterocycles. The molecule has 0 radical (unpaired) electrons. The molecule has 2 aromatic carbocycles. The van der Waals surface area contributed by atoms with Gasteiger partial charge in [-0.05, 0) is 70.4 Å². The summed E-state index contributed by atoms with van der Waals surface area (Å²) in [6, 6.07) is 10.7. The largest absolute Gasteiger partial charge is 0.507 e. The van der Waals surface area contributed by atoms with E-state index in [0.29, 0.717) is 25.9 Å². The lowest BCUT2D eigenvalue weighted by molar-refractivity contribution is -0.122. The second kappa shape index (κ2) is 19.9. The first kappa shape index (κ1) is 38.0. The number of alkyl carbamates (subject to hydrolysis) is 1. The number of amides is 2. The van der Waals surface area contributed by atoms with Gasteiger partial charge in [-0.15, -0.1) is 12.4 Å². The minimum absolute atomic E-state index is 0. The number of unbranched alkanes of at least 4 members (excludes halogenated alkanes) is 2. The van der Waals surface area contributed by atoms with Crippen molar-refractivity contribution in [1.82, 2.24) is 10.6 Å². The minimum Gasteiger partial charge on any atom is -0.507 e. The van der Waals surface area contributed by atoms with Gasteiger partial charge in [-0.25, -0.2) is 14.4 Å². The molecule has 42 heavy (non-hydrogen) atoms. The Kier molecular flexibility index (Phi) is 18.0. The van der Waals surface area contributed by atoms with Gasteiger partial charge in [0, 0.05) is 19.5 Å². The summed E-state index contributed by atoms with van der Waals surface area (Å²) in [5, 5.41) is 24.1. The van der Waals surface area contributed by atoms with Crippen molar-refractivity contribution >= 4 is 36.3 Å². The van der Waals surface area contributed by atoms with Gasteiger partial charge in [0.1, 0.15) is 28.2 Å². The molecule has 2 amide bonds. The molecule has 13 heteroatoms. The molecule has 0 fully saturated rings. The molecular formula is C29H42ClN3O9. The number of nitrogens with one attached hydrogen (secondary N) is 2. The van der Waals surface area contributed by atoms with Crippen LogP contribution in [0, 0.1) is 0 Å². The SMILES string of the molecule is CC(C)(C)OC(=O)NCCCCCC(=O)NCOC(=O)c1ccccc1O.CCOC(=O)c1ccc(CN)cc1O.Cl. The van der Waals surface area contributed by atoms with Crippen molar-refractivity contribution in [3.63, 3.8) is 0 Å². The number of ether oxygens (including phenoxy) is 3. The number of hydrogen-bond acceptors (Lipinski definition) is 10. The third-order valence-electron chi connectivity index (χ3n) is 5.14. The van der Waals surface area contributed by atoms with Gasteiger partial charge in [0.15, 0.2) is 6.73 Å². The highest BCUT2D eigenvalue weighted by atomic mass is 35.5.